The molecule has 4 heteroatoms. The molecule has 0 amide bonds. The minimum atomic E-state index is -0.823. The van der Waals surface area contributed by atoms with E-state index in [0.29, 0.717) is 11.8 Å². The summed E-state index contributed by atoms with van der Waals surface area (Å²) < 4.78 is 1.77. The summed E-state index contributed by atoms with van der Waals surface area (Å²) in [6, 6.07) is 9.88. The van der Waals surface area contributed by atoms with Crippen LogP contribution in [-0.4, -0.2) is 20.1 Å². The van der Waals surface area contributed by atoms with Gasteiger partial charge in [-0.2, -0.15) is 0 Å². The van der Waals surface area contributed by atoms with Gasteiger partial charge >= 0.3 is 0 Å². The highest BCUT2D eigenvalue weighted by Crippen LogP contribution is 2.42. The Balaban J connectivity index is 2.01. The molecule has 106 valence electrons. The maximum atomic E-state index is 11.1. The summed E-state index contributed by atoms with van der Waals surface area (Å²) in [5, 5.41) is 19.3. The van der Waals surface area contributed by atoms with Crippen molar-refractivity contribution in [2.75, 3.05) is 0 Å². The highest BCUT2D eigenvalue weighted by atomic mass is 16.3. The van der Waals surface area contributed by atoms with E-state index in [4.69, 9.17) is 0 Å². The van der Waals surface area contributed by atoms with Gasteiger partial charge < -0.3 is 5.11 Å². The van der Waals surface area contributed by atoms with Crippen molar-refractivity contribution in [3.8, 4) is 5.69 Å². The fourth-order valence-electron chi connectivity index (χ4n) is 3.61. The monoisotopic (exact) mass is 271 g/mol. The van der Waals surface area contributed by atoms with Crippen LogP contribution in [0.5, 0.6) is 0 Å². The number of hydrogen-bond donors (Lipinski definition) is 1. The standard InChI is InChI=1S/C16H21N3O/c1-12-8-13(2)10-16(20,9-12)15-11-17-18-19(15)14-6-4-3-5-7-14/h3-7,11-13,20H,8-10H2,1-2H3. The van der Waals surface area contributed by atoms with Crippen molar-refractivity contribution < 1.29 is 5.11 Å². The smallest absolute Gasteiger partial charge is 0.109 e. The van der Waals surface area contributed by atoms with Crippen LogP contribution in [0.25, 0.3) is 5.69 Å². The van der Waals surface area contributed by atoms with Crippen LogP contribution in [0.15, 0.2) is 36.5 Å². The van der Waals surface area contributed by atoms with Gasteiger partial charge in [-0.25, -0.2) is 4.68 Å². The number of aromatic nitrogens is 3. The molecule has 1 aromatic carbocycles. The van der Waals surface area contributed by atoms with Crippen LogP contribution in [0.4, 0.5) is 0 Å². The Bertz CT molecular complexity index is 568. The van der Waals surface area contributed by atoms with Gasteiger partial charge in [-0.05, 0) is 43.2 Å². The molecule has 2 atom stereocenters. The molecule has 0 bridgehead atoms. The first-order valence-corrected chi connectivity index (χ1v) is 7.27. The average Bonchev–Trinajstić information content (AvgIpc) is 2.88. The van der Waals surface area contributed by atoms with Crippen LogP contribution in [-0.2, 0) is 5.60 Å². The first-order chi connectivity index (χ1) is 9.58. The van der Waals surface area contributed by atoms with Crippen molar-refractivity contribution in [3.05, 3.63) is 42.2 Å². The summed E-state index contributed by atoms with van der Waals surface area (Å²) in [7, 11) is 0. The summed E-state index contributed by atoms with van der Waals surface area (Å²) in [6.07, 6.45) is 4.43. The van der Waals surface area contributed by atoms with Gasteiger partial charge in [0.1, 0.15) is 5.60 Å². The van der Waals surface area contributed by atoms with E-state index in [1.165, 1.54) is 6.42 Å². The third kappa shape index (κ3) is 2.36. The van der Waals surface area contributed by atoms with E-state index in [0.717, 1.165) is 24.2 Å². The number of para-hydroxylation sites is 1. The molecule has 3 rings (SSSR count). The molecule has 0 radical (unpaired) electrons. The SMILES string of the molecule is CC1CC(C)CC(O)(c2cnnn2-c2ccccc2)C1. The van der Waals surface area contributed by atoms with Gasteiger partial charge in [-0.3, -0.25) is 0 Å². The van der Waals surface area contributed by atoms with E-state index in [1.807, 2.05) is 30.3 Å². The zero-order valence-electron chi connectivity index (χ0n) is 12.0. The van der Waals surface area contributed by atoms with Gasteiger partial charge in [0.05, 0.1) is 17.6 Å². The molecule has 1 aliphatic carbocycles. The lowest BCUT2D eigenvalue weighted by Crippen LogP contribution is -2.37. The summed E-state index contributed by atoms with van der Waals surface area (Å²) in [6.45, 7) is 4.41. The fourth-order valence-corrected chi connectivity index (χ4v) is 3.61. The van der Waals surface area contributed by atoms with Crippen LogP contribution < -0.4 is 0 Å². The molecule has 1 heterocycles. The Labute approximate surface area is 119 Å². The van der Waals surface area contributed by atoms with Crippen LogP contribution in [0.2, 0.25) is 0 Å². The van der Waals surface area contributed by atoms with E-state index in [9.17, 15) is 5.11 Å². The molecule has 1 aliphatic rings. The molecular formula is C16H21N3O. The highest BCUT2D eigenvalue weighted by Gasteiger charge is 2.40. The number of rotatable bonds is 2. The highest BCUT2D eigenvalue weighted by molar-refractivity contribution is 5.33. The molecule has 0 spiro atoms. The normalized spacial score (nSPS) is 30.4. The van der Waals surface area contributed by atoms with E-state index in [2.05, 4.69) is 24.2 Å². The molecule has 1 fully saturated rings. The second-order valence-electron chi connectivity index (χ2n) is 6.25. The van der Waals surface area contributed by atoms with Gasteiger partial charge in [0, 0.05) is 0 Å². The number of hydrogen-bond acceptors (Lipinski definition) is 3. The molecule has 0 aliphatic heterocycles. The lowest BCUT2D eigenvalue weighted by Gasteiger charge is -2.38. The van der Waals surface area contributed by atoms with Gasteiger partial charge in [0.25, 0.3) is 0 Å². The first kappa shape index (κ1) is 13.3. The third-order valence-corrected chi connectivity index (χ3v) is 4.20. The zero-order chi connectivity index (χ0) is 14.2. The molecule has 1 saturated carbocycles. The molecule has 1 aromatic heterocycles. The summed E-state index contributed by atoms with van der Waals surface area (Å²) in [4.78, 5) is 0. The van der Waals surface area contributed by atoms with E-state index >= 15 is 0 Å². The molecule has 2 unspecified atom stereocenters. The third-order valence-electron chi connectivity index (χ3n) is 4.20. The summed E-state index contributed by atoms with van der Waals surface area (Å²) in [5.41, 5.74) is 0.928. The average molecular weight is 271 g/mol. The van der Waals surface area contributed by atoms with Gasteiger partial charge in [-0.15, -0.1) is 5.10 Å². The molecule has 0 saturated heterocycles. The van der Waals surface area contributed by atoms with Crippen molar-refractivity contribution in [2.45, 2.75) is 38.7 Å². The number of nitrogens with zero attached hydrogens (tertiary/aromatic N) is 3. The lowest BCUT2D eigenvalue weighted by molar-refractivity contribution is -0.0415. The second-order valence-corrected chi connectivity index (χ2v) is 6.25. The fraction of sp³-hybridized carbons (Fsp3) is 0.500. The van der Waals surface area contributed by atoms with Gasteiger partial charge in [0.15, 0.2) is 0 Å². The molecule has 20 heavy (non-hydrogen) atoms. The summed E-state index contributed by atoms with van der Waals surface area (Å²) in [5.74, 6) is 1.03. The number of aliphatic hydroxyl groups is 1. The molecular weight excluding hydrogens is 250 g/mol. The zero-order valence-corrected chi connectivity index (χ0v) is 12.0. The van der Waals surface area contributed by atoms with Crippen molar-refractivity contribution in [1.29, 1.82) is 0 Å². The van der Waals surface area contributed by atoms with Crippen molar-refractivity contribution in [2.24, 2.45) is 11.8 Å². The predicted molar refractivity (Wildman–Crippen MR) is 77.4 cm³/mol. The Morgan fingerprint density at radius 1 is 1.15 bits per heavy atom. The van der Waals surface area contributed by atoms with E-state index in [-0.39, 0.29) is 0 Å². The van der Waals surface area contributed by atoms with Crippen LogP contribution in [0, 0.1) is 11.8 Å². The molecule has 4 nitrogen and oxygen atoms in total. The van der Waals surface area contributed by atoms with Crippen LogP contribution >= 0.6 is 0 Å². The van der Waals surface area contributed by atoms with E-state index in [1.54, 1.807) is 10.9 Å². The summed E-state index contributed by atoms with van der Waals surface area (Å²) >= 11 is 0. The minimum absolute atomic E-state index is 0.517. The Morgan fingerprint density at radius 2 is 1.80 bits per heavy atom. The first-order valence-electron chi connectivity index (χ1n) is 7.27. The Morgan fingerprint density at radius 3 is 2.45 bits per heavy atom. The largest absolute Gasteiger partial charge is 0.383 e. The van der Waals surface area contributed by atoms with Crippen molar-refractivity contribution >= 4 is 0 Å². The van der Waals surface area contributed by atoms with Gasteiger partial charge in [-0.1, -0.05) is 37.3 Å². The molecule has 2 aromatic rings. The van der Waals surface area contributed by atoms with Crippen molar-refractivity contribution in [3.63, 3.8) is 0 Å². The lowest BCUT2D eigenvalue weighted by atomic mass is 9.72. The van der Waals surface area contributed by atoms with Crippen LogP contribution in [0.3, 0.4) is 0 Å². The second kappa shape index (κ2) is 5.02. The Hall–Kier alpha value is -1.68. The molecule has 1 N–H and O–H groups in total. The van der Waals surface area contributed by atoms with E-state index < -0.39 is 5.60 Å². The predicted octanol–water partition coefficient (Wildman–Crippen LogP) is 2.91. The van der Waals surface area contributed by atoms with Crippen LogP contribution in [0.1, 0.15) is 38.8 Å². The number of benzene rings is 1. The van der Waals surface area contributed by atoms with Crippen molar-refractivity contribution in [1.82, 2.24) is 15.0 Å². The quantitative estimate of drug-likeness (QED) is 0.913. The minimum Gasteiger partial charge on any atom is -0.383 e. The maximum Gasteiger partial charge on any atom is 0.109 e. The van der Waals surface area contributed by atoms with Gasteiger partial charge in [0.2, 0.25) is 0 Å². The topological polar surface area (TPSA) is 50.9 Å². The Kier molecular flexibility index (Phi) is 3.34. The maximum absolute atomic E-state index is 11.1.